The highest BCUT2D eigenvalue weighted by molar-refractivity contribution is 5.98. The fourth-order valence-corrected chi connectivity index (χ4v) is 3.03. The lowest BCUT2D eigenvalue weighted by Gasteiger charge is -2.40. The van der Waals surface area contributed by atoms with E-state index in [9.17, 15) is 20.1 Å². The van der Waals surface area contributed by atoms with Gasteiger partial charge in [-0.25, -0.2) is 0 Å². The van der Waals surface area contributed by atoms with Crippen LogP contribution in [-0.4, -0.2) is 64.3 Å². The lowest BCUT2D eigenvalue weighted by molar-refractivity contribution is -0.212. The van der Waals surface area contributed by atoms with E-state index < -0.39 is 24.5 Å². The second-order valence-corrected chi connectivity index (χ2v) is 6.10. The van der Waals surface area contributed by atoms with Crippen LogP contribution in [0.1, 0.15) is 16.8 Å². The first-order valence-electron chi connectivity index (χ1n) is 7.89. The molecule has 1 aliphatic rings. The molecule has 3 rings (SSSR count). The molecule has 0 saturated carbocycles. The minimum absolute atomic E-state index is 0.0469. The van der Waals surface area contributed by atoms with E-state index in [-0.39, 0.29) is 18.9 Å². The van der Waals surface area contributed by atoms with Crippen molar-refractivity contribution in [2.24, 2.45) is 0 Å². The summed E-state index contributed by atoms with van der Waals surface area (Å²) in [4.78, 5) is 14.0. The average Bonchev–Trinajstić information content (AvgIpc) is 2.60. The van der Waals surface area contributed by atoms with E-state index in [4.69, 9.17) is 4.74 Å². The first kappa shape index (κ1) is 16.9. The summed E-state index contributed by atoms with van der Waals surface area (Å²) in [7, 11) is 1.54. The molecule has 0 spiro atoms. The number of ether oxygens (including phenoxy) is 1. The number of aliphatic hydroxyl groups excluding tert-OH is 3. The largest absolute Gasteiger partial charge is 0.394 e. The molecule has 24 heavy (non-hydrogen) atoms. The van der Waals surface area contributed by atoms with Crippen molar-refractivity contribution in [1.82, 2.24) is 4.90 Å². The molecule has 1 aliphatic heterocycles. The highest BCUT2D eigenvalue weighted by atomic mass is 16.5. The number of amides is 1. The standard InChI is InChI=1S/C18H21NO5/c1-19(18-15(22)9-14(21)16(10-20)24-18)17(23)13-7-6-11-4-2-3-5-12(11)8-13/h2-8,14-16,18,20-22H,9-10H2,1H3/t14-,15-,16-,18-/m1/s1. The van der Waals surface area contributed by atoms with E-state index in [1.807, 2.05) is 30.3 Å². The molecule has 1 heterocycles. The van der Waals surface area contributed by atoms with Crippen LogP contribution in [0, 0.1) is 0 Å². The Balaban J connectivity index is 1.82. The summed E-state index contributed by atoms with van der Waals surface area (Å²) in [5.74, 6) is -0.294. The molecule has 1 saturated heterocycles. The fraction of sp³-hybridized carbons (Fsp3) is 0.389. The van der Waals surface area contributed by atoms with E-state index >= 15 is 0 Å². The Kier molecular flexibility index (Phi) is 4.82. The topological polar surface area (TPSA) is 90.2 Å². The number of carbonyl (C=O) groups excluding carboxylic acids is 1. The molecule has 6 heteroatoms. The molecule has 2 aromatic rings. The SMILES string of the molecule is CN(C(=O)c1ccc2ccccc2c1)[C@@H]1O[C@H](CO)[C@H](O)C[C@H]1O. The van der Waals surface area contributed by atoms with Crippen molar-refractivity contribution in [2.75, 3.05) is 13.7 Å². The highest BCUT2D eigenvalue weighted by Crippen LogP contribution is 2.24. The Hall–Kier alpha value is -1.99. The third-order valence-corrected chi connectivity index (χ3v) is 4.43. The Morgan fingerprint density at radius 3 is 2.58 bits per heavy atom. The van der Waals surface area contributed by atoms with Gasteiger partial charge in [-0.1, -0.05) is 30.3 Å². The number of likely N-dealkylation sites (N-methyl/N-ethyl adjacent to an activating group) is 1. The number of rotatable bonds is 3. The fourth-order valence-electron chi connectivity index (χ4n) is 3.03. The Labute approximate surface area is 139 Å². The van der Waals surface area contributed by atoms with Gasteiger partial charge in [-0.15, -0.1) is 0 Å². The third-order valence-electron chi connectivity index (χ3n) is 4.43. The molecule has 1 amide bonds. The molecule has 3 N–H and O–H groups in total. The van der Waals surface area contributed by atoms with Crippen molar-refractivity contribution in [1.29, 1.82) is 0 Å². The van der Waals surface area contributed by atoms with E-state index in [0.29, 0.717) is 5.56 Å². The van der Waals surface area contributed by atoms with Crippen LogP contribution >= 0.6 is 0 Å². The van der Waals surface area contributed by atoms with E-state index in [1.54, 1.807) is 12.1 Å². The normalized spacial score (nSPS) is 27.2. The quantitative estimate of drug-likeness (QED) is 0.772. The van der Waals surface area contributed by atoms with Crippen LogP contribution < -0.4 is 0 Å². The molecule has 0 radical (unpaired) electrons. The van der Waals surface area contributed by atoms with Crippen molar-refractivity contribution < 1.29 is 24.9 Å². The molecule has 4 atom stereocenters. The summed E-state index contributed by atoms with van der Waals surface area (Å²) in [5, 5.41) is 31.1. The van der Waals surface area contributed by atoms with Crippen LogP contribution in [0.5, 0.6) is 0 Å². The van der Waals surface area contributed by atoms with Gasteiger partial charge < -0.3 is 25.0 Å². The number of nitrogens with zero attached hydrogens (tertiary/aromatic N) is 1. The molecular weight excluding hydrogens is 310 g/mol. The summed E-state index contributed by atoms with van der Waals surface area (Å²) in [6.45, 7) is -0.373. The number of carbonyl (C=O) groups is 1. The van der Waals surface area contributed by atoms with Crippen LogP contribution in [0.25, 0.3) is 10.8 Å². The summed E-state index contributed by atoms with van der Waals surface area (Å²) < 4.78 is 5.51. The maximum absolute atomic E-state index is 12.7. The van der Waals surface area contributed by atoms with Crippen molar-refractivity contribution in [3.05, 3.63) is 48.0 Å². The number of fused-ring (bicyclic) bond motifs is 1. The van der Waals surface area contributed by atoms with Crippen LogP contribution in [-0.2, 0) is 4.74 Å². The predicted molar refractivity (Wildman–Crippen MR) is 88.4 cm³/mol. The van der Waals surface area contributed by atoms with Gasteiger partial charge in [0.2, 0.25) is 0 Å². The van der Waals surface area contributed by atoms with Gasteiger partial charge in [0.1, 0.15) is 12.2 Å². The van der Waals surface area contributed by atoms with Gasteiger partial charge in [-0.2, -0.15) is 0 Å². The molecule has 128 valence electrons. The number of benzene rings is 2. The van der Waals surface area contributed by atoms with Gasteiger partial charge in [-0.05, 0) is 22.9 Å². The first-order chi connectivity index (χ1) is 11.5. The highest BCUT2D eigenvalue weighted by Gasteiger charge is 2.39. The third kappa shape index (κ3) is 3.14. The summed E-state index contributed by atoms with van der Waals surface area (Å²) in [6.07, 6.45) is -3.65. The zero-order valence-electron chi connectivity index (χ0n) is 13.4. The molecule has 2 aromatic carbocycles. The number of hydrogen-bond acceptors (Lipinski definition) is 5. The van der Waals surface area contributed by atoms with Gasteiger partial charge in [0, 0.05) is 19.0 Å². The van der Waals surface area contributed by atoms with Crippen molar-refractivity contribution in [3.63, 3.8) is 0 Å². The molecule has 0 bridgehead atoms. The Bertz CT molecular complexity index is 734. The zero-order chi connectivity index (χ0) is 17.3. The van der Waals surface area contributed by atoms with Gasteiger partial charge in [-0.3, -0.25) is 4.79 Å². The molecular formula is C18H21NO5. The summed E-state index contributed by atoms with van der Waals surface area (Å²) >= 11 is 0. The van der Waals surface area contributed by atoms with Crippen LogP contribution in [0.2, 0.25) is 0 Å². The second kappa shape index (κ2) is 6.86. The van der Waals surface area contributed by atoms with Gasteiger partial charge in [0.25, 0.3) is 5.91 Å². The van der Waals surface area contributed by atoms with Gasteiger partial charge in [0.05, 0.1) is 12.7 Å². The first-order valence-corrected chi connectivity index (χ1v) is 7.89. The predicted octanol–water partition coefficient (Wildman–Crippen LogP) is 0.741. The number of aliphatic hydroxyl groups is 3. The summed E-state index contributed by atoms with van der Waals surface area (Å²) in [6, 6.07) is 13.1. The zero-order valence-corrected chi connectivity index (χ0v) is 13.4. The minimum atomic E-state index is -1.02. The minimum Gasteiger partial charge on any atom is -0.394 e. The van der Waals surface area contributed by atoms with Gasteiger partial charge in [0.15, 0.2) is 6.23 Å². The van der Waals surface area contributed by atoms with Crippen LogP contribution in [0.4, 0.5) is 0 Å². The lowest BCUT2D eigenvalue weighted by Crippen LogP contribution is -2.56. The average molecular weight is 331 g/mol. The second-order valence-electron chi connectivity index (χ2n) is 6.10. The Morgan fingerprint density at radius 2 is 1.88 bits per heavy atom. The number of hydrogen-bond donors (Lipinski definition) is 3. The van der Waals surface area contributed by atoms with E-state index in [1.165, 1.54) is 11.9 Å². The van der Waals surface area contributed by atoms with Crippen molar-refractivity contribution in [2.45, 2.75) is 31.0 Å². The van der Waals surface area contributed by atoms with Crippen LogP contribution in [0.15, 0.2) is 42.5 Å². The maximum atomic E-state index is 12.7. The molecule has 0 aliphatic carbocycles. The van der Waals surface area contributed by atoms with E-state index in [0.717, 1.165) is 10.8 Å². The molecule has 0 aromatic heterocycles. The molecule has 0 unspecified atom stereocenters. The van der Waals surface area contributed by atoms with Crippen molar-refractivity contribution in [3.8, 4) is 0 Å². The maximum Gasteiger partial charge on any atom is 0.255 e. The lowest BCUT2D eigenvalue weighted by atomic mass is 10.0. The monoisotopic (exact) mass is 331 g/mol. The molecule has 1 fully saturated rings. The molecule has 6 nitrogen and oxygen atoms in total. The van der Waals surface area contributed by atoms with Crippen LogP contribution in [0.3, 0.4) is 0 Å². The van der Waals surface area contributed by atoms with E-state index in [2.05, 4.69) is 0 Å². The summed E-state index contributed by atoms with van der Waals surface area (Å²) in [5.41, 5.74) is 0.485. The van der Waals surface area contributed by atoms with Crippen molar-refractivity contribution >= 4 is 16.7 Å². The smallest absolute Gasteiger partial charge is 0.255 e. The van der Waals surface area contributed by atoms with Gasteiger partial charge >= 0.3 is 0 Å². The Morgan fingerprint density at radius 1 is 1.17 bits per heavy atom.